The van der Waals surface area contributed by atoms with E-state index in [1.165, 1.54) is 0 Å². The number of hydrogen-bond acceptors (Lipinski definition) is 6. The fraction of sp³-hybridized carbons (Fsp3) is 0.467. The lowest BCUT2D eigenvalue weighted by molar-refractivity contribution is 0.190. The van der Waals surface area contributed by atoms with Crippen LogP contribution in [0.15, 0.2) is 33.3 Å². The predicted octanol–water partition coefficient (Wildman–Crippen LogP) is 2.45. The highest BCUT2D eigenvalue weighted by atomic mass is 79.9. The number of hydrogen-bond donors (Lipinski definition) is 1. The molecule has 1 saturated heterocycles. The molecule has 2 aromatic rings. The van der Waals surface area contributed by atoms with Crippen molar-refractivity contribution in [2.75, 3.05) is 33.3 Å². The van der Waals surface area contributed by atoms with Crippen molar-refractivity contribution in [1.29, 1.82) is 0 Å². The van der Waals surface area contributed by atoms with Crippen molar-refractivity contribution in [3.63, 3.8) is 0 Å². The standard InChI is InChI=1S/C15H19BrN4O2.ClH/c1-20-7-6-17-10-13(20)15-18-14(22-19-15)5-8-21-12-4-2-3-11(16)9-12;/h2-4,9,13,17H,5-8,10H2,1H3;1H. The Morgan fingerprint density at radius 2 is 2.35 bits per heavy atom. The molecule has 0 aliphatic carbocycles. The molecule has 0 bridgehead atoms. The Balaban J connectivity index is 0.00000192. The van der Waals surface area contributed by atoms with Crippen molar-refractivity contribution in [1.82, 2.24) is 20.4 Å². The molecule has 2 heterocycles. The first-order valence-electron chi connectivity index (χ1n) is 7.34. The highest BCUT2D eigenvalue weighted by molar-refractivity contribution is 9.10. The van der Waals surface area contributed by atoms with E-state index >= 15 is 0 Å². The van der Waals surface area contributed by atoms with Gasteiger partial charge in [0.1, 0.15) is 5.75 Å². The molecule has 0 saturated carbocycles. The third-order valence-corrected chi connectivity index (χ3v) is 4.17. The number of benzene rings is 1. The van der Waals surface area contributed by atoms with Crippen molar-refractivity contribution in [2.24, 2.45) is 0 Å². The molecule has 1 aromatic carbocycles. The molecular formula is C15H20BrClN4O2. The molecule has 3 rings (SSSR count). The Kier molecular flexibility index (Phi) is 6.83. The molecule has 1 aromatic heterocycles. The van der Waals surface area contributed by atoms with Crippen LogP contribution < -0.4 is 10.1 Å². The minimum atomic E-state index is 0. The summed E-state index contributed by atoms with van der Waals surface area (Å²) in [5.41, 5.74) is 0. The van der Waals surface area contributed by atoms with Crippen LogP contribution in [0.2, 0.25) is 0 Å². The number of halogens is 2. The first kappa shape index (κ1) is 18.2. The first-order valence-corrected chi connectivity index (χ1v) is 8.13. The largest absolute Gasteiger partial charge is 0.493 e. The van der Waals surface area contributed by atoms with E-state index < -0.39 is 0 Å². The van der Waals surface area contributed by atoms with Gasteiger partial charge in [-0.3, -0.25) is 4.90 Å². The minimum absolute atomic E-state index is 0. The molecule has 1 atom stereocenters. The van der Waals surface area contributed by atoms with Gasteiger partial charge in [0.2, 0.25) is 5.89 Å². The second-order valence-corrected chi connectivity index (χ2v) is 6.22. The van der Waals surface area contributed by atoms with E-state index in [2.05, 4.69) is 43.3 Å². The minimum Gasteiger partial charge on any atom is -0.493 e. The molecule has 23 heavy (non-hydrogen) atoms. The van der Waals surface area contributed by atoms with Crippen molar-refractivity contribution in [3.8, 4) is 5.75 Å². The topological polar surface area (TPSA) is 63.4 Å². The molecule has 1 fully saturated rings. The smallest absolute Gasteiger partial charge is 0.230 e. The van der Waals surface area contributed by atoms with Crippen molar-refractivity contribution in [2.45, 2.75) is 12.5 Å². The van der Waals surface area contributed by atoms with Gasteiger partial charge in [0.05, 0.1) is 19.1 Å². The summed E-state index contributed by atoms with van der Waals surface area (Å²) in [6.45, 7) is 3.35. The van der Waals surface area contributed by atoms with Crippen LogP contribution in [0.3, 0.4) is 0 Å². The predicted molar refractivity (Wildman–Crippen MR) is 93.1 cm³/mol. The lowest BCUT2D eigenvalue weighted by Gasteiger charge is -2.30. The van der Waals surface area contributed by atoms with Crippen LogP contribution in [0.5, 0.6) is 5.75 Å². The fourth-order valence-electron chi connectivity index (χ4n) is 2.41. The van der Waals surface area contributed by atoms with Gasteiger partial charge in [0.25, 0.3) is 0 Å². The fourth-order valence-corrected chi connectivity index (χ4v) is 2.79. The molecule has 1 aliphatic rings. The Labute approximate surface area is 150 Å². The van der Waals surface area contributed by atoms with Gasteiger partial charge in [-0.1, -0.05) is 27.2 Å². The van der Waals surface area contributed by atoms with Gasteiger partial charge in [-0.2, -0.15) is 4.98 Å². The normalized spacial score (nSPS) is 18.4. The van der Waals surface area contributed by atoms with E-state index in [0.29, 0.717) is 18.9 Å². The number of aromatic nitrogens is 2. The number of piperazine rings is 1. The summed E-state index contributed by atoms with van der Waals surface area (Å²) in [7, 11) is 2.08. The maximum atomic E-state index is 5.69. The van der Waals surface area contributed by atoms with E-state index in [4.69, 9.17) is 9.26 Å². The van der Waals surface area contributed by atoms with Crippen molar-refractivity contribution >= 4 is 28.3 Å². The zero-order valence-electron chi connectivity index (χ0n) is 12.9. The van der Waals surface area contributed by atoms with Crippen molar-refractivity contribution < 1.29 is 9.26 Å². The van der Waals surface area contributed by atoms with E-state index in [1.54, 1.807) is 0 Å². The summed E-state index contributed by atoms with van der Waals surface area (Å²) >= 11 is 3.42. The molecular weight excluding hydrogens is 384 g/mol. The van der Waals surface area contributed by atoms with Crippen LogP contribution in [0.4, 0.5) is 0 Å². The zero-order valence-corrected chi connectivity index (χ0v) is 15.3. The van der Waals surface area contributed by atoms with E-state index in [-0.39, 0.29) is 18.4 Å². The molecule has 1 N–H and O–H groups in total. The molecule has 126 valence electrons. The van der Waals surface area contributed by atoms with Crippen LogP contribution in [0.25, 0.3) is 0 Å². The number of rotatable bonds is 5. The number of nitrogens with zero attached hydrogens (tertiary/aromatic N) is 3. The average molecular weight is 404 g/mol. The summed E-state index contributed by atoms with van der Waals surface area (Å²) in [5.74, 6) is 2.18. The van der Waals surface area contributed by atoms with Gasteiger partial charge in [-0.05, 0) is 25.2 Å². The number of nitrogens with one attached hydrogen (secondary N) is 1. The second-order valence-electron chi connectivity index (χ2n) is 5.30. The monoisotopic (exact) mass is 402 g/mol. The molecule has 0 spiro atoms. The third-order valence-electron chi connectivity index (χ3n) is 3.67. The highest BCUT2D eigenvalue weighted by Gasteiger charge is 2.25. The Hall–Kier alpha value is -1.15. The van der Waals surface area contributed by atoms with Crippen molar-refractivity contribution in [3.05, 3.63) is 40.5 Å². The summed E-state index contributed by atoms with van der Waals surface area (Å²) in [5, 5.41) is 7.45. The summed E-state index contributed by atoms with van der Waals surface area (Å²) in [6, 6.07) is 7.94. The van der Waals surface area contributed by atoms with Gasteiger partial charge in [0, 0.05) is 24.1 Å². The Morgan fingerprint density at radius 1 is 1.48 bits per heavy atom. The molecule has 8 heteroatoms. The lowest BCUT2D eigenvalue weighted by Crippen LogP contribution is -2.44. The Bertz CT molecular complexity index is 625. The molecule has 1 aliphatic heterocycles. The summed E-state index contributed by atoms with van der Waals surface area (Å²) in [6.07, 6.45) is 0.601. The van der Waals surface area contributed by atoms with Crippen LogP contribution in [0.1, 0.15) is 17.8 Å². The third kappa shape index (κ3) is 4.91. The molecule has 6 nitrogen and oxygen atoms in total. The summed E-state index contributed by atoms with van der Waals surface area (Å²) < 4.78 is 12.0. The maximum Gasteiger partial charge on any atom is 0.230 e. The van der Waals surface area contributed by atoms with E-state index in [9.17, 15) is 0 Å². The van der Waals surface area contributed by atoms with Crippen LogP contribution in [0, 0.1) is 0 Å². The number of likely N-dealkylation sites (N-methyl/N-ethyl adjacent to an activating group) is 1. The van der Waals surface area contributed by atoms with Gasteiger partial charge in [-0.15, -0.1) is 12.4 Å². The van der Waals surface area contributed by atoms with Gasteiger partial charge < -0.3 is 14.6 Å². The average Bonchev–Trinajstić information content (AvgIpc) is 2.96. The SMILES string of the molecule is CN1CCNCC1c1noc(CCOc2cccc(Br)c2)n1.Cl. The highest BCUT2D eigenvalue weighted by Crippen LogP contribution is 2.19. The van der Waals surface area contributed by atoms with E-state index in [0.717, 1.165) is 35.7 Å². The lowest BCUT2D eigenvalue weighted by atomic mass is 10.2. The quantitative estimate of drug-likeness (QED) is 0.827. The molecule has 0 amide bonds. The van der Waals surface area contributed by atoms with Crippen LogP contribution in [-0.4, -0.2) is 48.3 Å². The zero-order chi connectivity index (χ0) is 15.4. The van der Waals surface area contributed by atoms with Crippen LogP contribution >= 0.6 is 28.3 Å². The maximum absolute atomic E-state index is 5.69. The molecule has 0 radical (unpaired) electrons. The van der Waals surface area contributed by atoms with Gasteiger partial charge >= 0.3 is 0 Å². The number of ether oxygens (including phenoxy) is 1. The van der Waals surface area contributed by atoms with Crippen LogP contribution in [-0.2, 0) is 6.42 Å². The molecule has 1 unspecified atom stereocenters. The second kappa shape index (κ2) is 8.63. The summed E-state index contributed by atoms with van der Waals surface area (Å²) in [4.78, 5) is 6.72. The first-order chi connectivity index (χ1) is 10.7. The van der Waals surface area contributed by atoms with E-state index in [1.807, 2.05) is 24.3 Å². The Morgan fingerprint density at radius 3 is 3.13 bits per heavy atom. The van der Waals surface area contributed by atoms with Gasteiger partial charge in [0.15, 0.2) is 5.82 Å². The van der Waals surface area contributed by atoms with Gasteiger partial charge in [-0.25, -0.2) is 0 Å².